The van der Waals surface area contributed by atoms with Gasteiger partial charge in [0.1, 0.15) is 0 Å². The molecule has 0 N–H and O–H groups in total. The van der Waals surface area contributed by atoms with Gasteiger partial charge in [-0.2, -0.15) is 0 Å². The summed E-state index contributed by atoms with van der Waals surface area (Å²) >= 11 is 4.07. The van der Waals surface area contributed by atoms with Crippen LogP contribution in [0.15, 0.2) is 34.1 Å². The highest BCUT2D eigenvalue weighted by Crippen LogP contribution is 2.31. The molecule has 0 bridgehead atoms. The highest BCUT2D eigenvalue weighted by molar-refractivity contribution is 8.80. The molecule has 0 saturated heterocycles. The Morgan fingerprint density at radius 2 is 1.92 bits per heavy atom. The van der Waals surface area contributed by atoms with Crippen LogP contribution in [0.2, 0.25) is 0 Å². The third-order valence-electron chi connectivity index (χ3n) is 1.05. The summed E-state index contributed by atoms with van der Waals surface area (Å²) in [6.07, 6.45) is 0. The molecule has 0 aromatic heterocycles. The number of hydrogen-bond donors (Lipinski definition) is 1. The van der Waals surface area contributed by atoms with Crippen LogP contribution in [0.1, 0.15) is 0 Å². The van der Waals surface area contributed by atoms with Crippen LogP contribution in [-0.2, 0) is 8.08 Å². The summed E-state index contributed by atoms with van der Waals surface area (Å²) in [6.45, 7) is 0. The highest BCUT2D eigenvalue weighted by atomic mass is 35.8. The second kappa shape index (κ2) is 3.91. The molecule has 0 amide bonds. The number of benzene rings is 1. The van der Waals surface area contributed by atoms with E-state index in [1.165, 1.54) is 0 Å². The van der Waals surface area contributed by atoms with E-state index >= 15 is 0 Å². The average Bonchev–Trinajstić information content (AvgIpc) is 1.91. The van der Waals surface area contributed by atoms with E-state index in [9.17, 15) is 8.42 Å². The van der Waals surface area contributed by atoms with Gasteiger partial charge in [-0.1, -0.05) is 12.1 Å². The zero-order valence-electron chi connectivity index (χ0n) is 5.77. The van der Waals surface area contributed by atoms with Gasteiger partial charge < -0.3 is 0 Å². The van der Waals surface area contributed by atoms with Crippen LogP contribution in [0, 0.1) is 0 Å². The monoisotopic (exact) mass is 240 g/mol. The molecule has 0 atom stereocenters. The molecule has 0 heterocycles. The first-order valence-corrected chi connectivity index (χ1v) is 7.00. The maximum Gasteiger partial charge on any atom is 0.289 e. The molecular weight excluding hydrogens is 236 g/mol. The van der Waals surface area contributed by atoms with Crippen LogP contribution in [0.5, 0.6) is 0 Å². The fourth-order valence-corrected chi connectivity index (χ4v) is 3.31. The van der Waals surface area contributed by atoms with Crippen molar-refractivity contribution in [3.8, 4) is 0 Å². The first-order chi connectivity index (χ1) is 5.49. The summed E-state index contributed by atoms with van der Waals surface area (Å²) < 4.78 is 21.3. The van der Waals surface area contributed by atoms with E-state index in [1.807, 2.05) is 0 Å². The van der Waals surface area contributed by atoms with Gasteiger partial charge in [0.15, 0.2) is 0 Å². The van der Waals surface area contributed by atoms with E-state index in [2.05, 4.69) is 12.6 Å². The smallest absolute Gasteiger partial charge is 0.200 e. The van der Waals surface area contributed by atoms with Gasteiger partial charge >= 0.3 is 0 Å². The number of thiol groups is 1. The molecule has 1 rings (SSSR count). The van der Waals surface area contributed by atoms with Gasteiger partial charge in [0.2, 0.25) is 0 Å². The molecule has 0 spiro atoms. The summed E-state index contributed by atoms with van der Waals surface area (Å²) in [7, 11) is 2.07. The van der Waals surface area contributed by atoms with Crippen molar-refractivity contribution in [2.45, 2.75) is 9.79 Å². The van der Waals surface area contributed by atoms with Crippen LogP contribution in [-0.4, -0.2) is 8.42 Å². The van der Waals surface area contributed by atoms with Crippen molar-refractivity contribution in [3.63, 3.8) is 0 Å². The number of hydrogen-bond acceptors (Lipinski definition) is 4. The summed E-state index contributed by atoms with van der Waals surface area (Å²) in [5, 5.41) is 0. The quantitative estimate of drug-likeness (QED) is 0.490. The fourth-order valence-electron chi connectivity index (χ4n) is 0.635. The van der Waals surface area contributed by atoms with E-state index in [1.54, 1.807) is 24.3 Å². The molecule has 0 radical (unpaired) electrons. The molecule has 1 aromatic rings. The Morgan fingerprint density at radius 1 is 1.33 bits per heavy atom. The molecule has 12 heavy (non-hydrogen) atoms. The van der Waals surface area contributed by atoms with Gasteiger partial charge in [-0.05, 0) is 12.1 Å². The van der Waals surface area contributed by atoms with E-state index < -0.39 is 8.08 Å². The second-order valence-corrected chi connectivity index (χ2v) is 7.40. The minimum atomic E-state index is -3.56. The minimum Gasteiger partial charge on any atom is -0.200 e. The number of rotatable bonds is 2. The van der Waals surface area contributed by atoms with E-state index in [4.69, 9.17) is 10.7 Å². The van der Waals surface area contributed by atoms with Crippen molar-refractivity contribution < 1.29 is 8.42 Å². The van der Waals surface area contributed by atoms with E-state index in [0.717, 1.165) is 0 Å². The molecule has 0 saturated carbocycles. The van der Waals surface area contributed by atoms with Crippen molar-refractivity contribution in [3.05, 3.63) is 24.3 Å². The lowest BCUT2D eigenvalue weighted by Gasteiger charge is -1.99. The fraction of sp³-hybridized carbons (Fsp3) is 0. The summed E-state index contributed by atoms with van der Waals surface area (Å²) in [6, 6.07) is 6.85. The van der Waals surface area contributed by atoms with Crippen molar-refractivity contribution >= 4 is 42.2 Å². The lowest BCUT2D eigenvalue weighted by atomic mass is 10.4. The second-order valence-electron chi connectivity index (χ2n) is 1.94. The Labute approximate surface area is 84.5 Å². The van der Waals surface area contributed by atoms with Gasteiger partial charge in [-0.3, -0.25) is 0 Å². The Morgan fingerprint density at radius 3 is 2.42 bits per heavy atom. The summed E-state index contributed by atoms with van der Waals surface area (Å²) in [5.74, 6) is 0. The van der Waals surface area contributed by atoms with Crippen molar-refractivity contribution in [1.82, 2.24) is 0 Å². The third-order valence-corrected chi connectivity index (χ3v) is 4.03. The van der Waals surface area contributed by atoms with Crippen LogP contribution < -0.4 is 0 Å². The Hall–Kier alpha value is 0.160. The van der Waals surface area contributed by atoms with Gasteiger partial charge in [-0.25, -0.2) is 8.42 Å². The lowest BCUT2D eigenvalue weighted by molar-refractivity contribution is 0.622. The van der Waals surface area contributed by atoms with Crippen LogP contribution in [0.3, 0.4) is 0 Å². The van der Waals surface area contributed by atoms with Crippen molar-refractivity contribution in [2.24, 2.45) is 0 Å². The zero-order valence-corrected chi connectivity index (χ0v) is 9.05. The van der Waals surface area contributed by atoms with Gasteiger partial charge in [-0.15, -0.1) is 12.6 Å². The van der Waals surface area contributed by atoms with Gasteiger partial charge in [0.05, 0.1) is 0 Å². The van der Waals surface area contributed by atoms with Gasteiger partial charge in [0.25, 0.3) is 8.08 Å². The summed E-state index contributed by atoms with van der Waals surface area (Å²) in [4.78, 5) is 1.14. The van der Waals surface area contributed by atoms with E-state index in [-0.39, 0.29) is 0 Å². The Bertz CT molecular complexity index is 374. The molecule has 0 aliphatic rings. The Balaban J connectivity index is 2.98. The molecule has 0 aliphatic carbocycles. The van der Waals surface area contributed by atoms with E-state index in [0.29, 0.717) is 20.6 Å². The maximum absolute atomic E-state index is 10.6. The minimum absolute atomic E-state index is 0.538. The zero-order chi connectivity index (χ0) is 9.19. The molecule has 6 heteroatoms. The molecule has 0 aliphatic heterocycles. The first-order valence-electron chi connectivity index (χ1n) is 2.91. The van der Waals surface area contributed by atoms with Crippen LogP contribution in [0.4, 0.5) is 0 Å². The topological polar surface area (TPSA) is 34.1 Å². The van der Waals surface area contributed by atoms with Crippen LogP contribution >= 0.6 is 34.1 Å². The maximum atomic E-state index is 10.6. The summed E-state index contributed by atoms with van der Waals surface area (Å²) in [5.41, 5.74) is 0. The predicted octanol–water partition coefficient (Wildman–Crippen LogP) is 2.55. The highest BCUT2D eigenvalue weighted by Gasteiger charge is 2.09. The number of halogens is 1. The Kier molecular flexibility index (Phi) is 3.34. The SMILES string of the molecule is O=S(=O)(Cl)Sc1ccccc1S. The third kappa shape index (κ3) is 3.26. The lowest BCUT2D eigenvalue weighted by Crippen LogP contribution is -1.81. The molecule has 0 unspecified atom stereocenters. The molecule has 66 valence electrons. The molecule has 0 fully saturated rings. The van der Waals surface area contributed by atoms with Crippen LogP contribution in [0.25, 0.3) is 0 Å². The average molecular weight is 241 g/mol. The normalized spacial score (nSPS) is 11.5. The largest absolute Gasteiger partial charge is 0.289 e. The molecule has 2 nitrogen and oxygen atoms in total. The van der Waals surface area contributed by atoms with Crippen molar-refractivity contribution in [1.29, 1.82) is 0 Å². The van der Waals surface area contributed by atoms with Gasteiger partial charge in [0, 0.05) is 31.3 Å². The van der Waals surface area contributed by atoms with Crippen molar-refractivity contribution in [2.75, 3.05) is 0 Å². The molecule has 1 aromatic carbocycles. The predicted molar refractivity (Wildman–Crippen MR) is 54.3 cm³/mol. The first kappa shape index (κ1) is 10.2. The molecular formula is C6H5ClO2S3. The standard InChI is InChI=1S/C6H5ClO2S3/c7-12(8,9)11-6-4-2-1-3-5(6)10/h1-4,10H.